The van der Waals surface area contributed by atoms with Crippen LogP contribution in [0.3, 0.4) is 0 Å². The first kappa shape index (κ1) is 11.1. The van der Waals surface area contributed by atoms with Gasteiger partial charge in [0.05, 0.1) is 11.4 Å². The van der Waals surface area contributed by atoms with Crippen LogP contribution in [0.25, 0.3) is 0 Å². The summed E-state index contributed by atoms with van der Waals surface area (Å²) in [4.78, 5) is 11.3. The van der Waals surface area contributed by atoms with E-state index in [1.165, 1.54) is 6.92 Å². The minimum absolute atomic E-state index is 0.0459. The summed E-state index contributed by atoms with van der Waals surface area (Å²) in [6.07, 6.45) is 0.266. The first-order chi connectivity index (χ1) is 6.58. The number of carbonyl (C=O) groups is 1. The molecule has 1 N–H and O–H groups in total. The van der Waals surface area contributed by atoms with Gasteiger partial charge in [-0.2, -0.15) is 0 Å². The number of rotatable bonds is 3. The zero-order valence-electron chi connectivity index (χ0n) is 7.71. The summed E-state index contributed by atoms with van der Waals surface area (Å²) in [6, 6.07) is 7.20. The maximum Gasteiger partial charge on any atom is 0.136 e. The number of thiocarbonyl (C=S) groups is 1. The van der Waals surface area contributed by atoms with Gasteiger partial charge < -0.3 is 5.32 Å². The lowest BCUT2D eigenvalue weighted by Crippen LogP contribution is -2.12. The molecule has 1 rings (SSSR count). The molecule has 1 aromatic carbocycles. The molecule has 0 amide bonds. The highest BCUT2D eigenvalue weighted by Gasteiger charge is 2.01. The van der Waals surface area contributed by atoms with Gasteiger partial charge in [-0.05, 0) is 25.1 Å². The largest absolute Gasteiger partial charge is 0.350 e. The van der Waals surface area contributed by atoms with Gasteiger partial charge in [0.25, 0.3) is 0 Å². The Balaban J connectivity index is 2.60. The zero-order valence-corrected chi connectivity index (χ0v) is 9.28. The molecule has 0 heterocycles. The standard InChI is InChI=1S/C10H10ClNOS/c1-7(13)5-10(14)12-9-4-2-3-8(11)6-9/h2-4,6H,5H2,1H3,(H,12,14). The van der Waals surface area contributed by atoms with Crippen LogP contribution in [-0.2, 0) is 4.79 Å². The first-order valence-electron chi connectivity index (χ1n) is 4.13. The van der Waals surface area contributed by atoms with Crippen molar-refractivity contribution in [1.82, 2.24) is 0 Å². The molecular weight excluding hydrogens is 218 g/mol. The van der Waals surface area contributed by atoms with E-state index < -0.39 is 0 Å². The molecule has 74 valence electrons. The number of Topliss-reactive ketones (excluding diaryl/α,β-unsaturated/α-hetero) is 1. The van der Waals surface area contributed by atoms with E-state index in [1.54, 1.807) is 12.1 Å². The first-order valence-corrected chi connectivity index (χ1v) is 4.91. The van der Waals surface area contributed by atoms with Gasteiger partial charge in [-0.15, -0.1) is 0 Å². The summed E-state index contributed by atoms with van der Waals surface area (Å²) in [7, 11) is 0. The molecule has 14 heavy (non-hydrogen) atoms. The quantitative estimate of drug-likeness (QED) is 0.805. The number of halogens is 1. The topological polar surface area (TPSA) is 29.1 Å². The molecule has 0 saturated heterocycles. The number of hydrogen-bond acceptors (Lipinski definition) is 2. The van der Waals surface area contributed by atoms with Gasteiger partial charge >= 0.3 is 0 Å². The number of hydrogen-bond donors (Lipinski definition) is 1. The van der Waals surface area contributed by atoms with Gasteiger partial charge in [0.1, 0.15) is 5.78 Å². The van der Waals surface area contributed by atoms with Crippen molar-refractivity contribution in [3.63, 3.8) is 0 Å². The average molecular weight is 228 g/mol. The van der Waals surface area contributed by atoms with Crippen molar-refractivity contribution in [3.05, 3.63) is 29.3 Å². The summed E-state index contributed by atoms with van der Waals surface area (Å²) in [5, 5.41) is 3.58. The van der Waals surface area contributed by atoms with Crippen LogP contribution in [0.2, 0.25) is 5.02 Å². The lowest BCUT2D eigenvalue weighted by molar-refractivity contribution is -0.115. The number of benzene rings is 1. The molecule has 0 aliphatic carbocycles. The fraction of sp³-hybridized carbons (Fsp3) is 0.200. The van der Waals surface area contributed by atoms with E-state index in [1.807, 2.05) is 12.1 Å². The van der Waals surface area contributed by atoms with Crippen LogP contribution in [0.15, 0.2) is 24.3 Å². The Morgan fingerprint density at radius 1 is 1.57 bits per heavy atom. The Labute approximate surface area is 93.3 Å². The summed E-state index contributed by atoms with van der Waals surface area (Å²) < 4.78 is 0. The molecule has 2 nitrogen and oxygen atoms in total. The van der Waals surface area contributed by atoms with E-state index in [-0.39, 0.29) is 12.2 Å². The Bertz CT molecular complexity index is 365. The van der Waals surface area contributed by atoms with Crippen molar-refractivity contribution in [2.24, 2.45) is 0 Å². The van der Waals surface area contributed by atoms with Crippen LogP contribution in [0, 0.1) is 0 Å². The van der Waals surface area contributed by atoms with Crippen molar-refractivity contribution in [2.45, 2.75) is 13.3 Å². The molecule has 0 saturated carbocycles. The fourth-order valence-electron chi connectivity index (χ4n) is 0.998. The lowest BCUT2D eigenvalue weighted by atomic mass is 10.3. The van der Waals surface area contributed by atoms with E-state index in [0.717, 1.165) is 5.69 Å². The van der Waals surface area contributed by atoms with Crippen molar-refractivity contribution >= 4 is 40.3 Å². The van der Waals surface area contributed by atoms with E-state index in [0.29, 0.717) is 10.0 Å². The SMILES string of the molecule is CC(=O)CC(=S)Nc1cccc(Cl)c1. The molecule has 0 spiro atoms. The van der Waals surface area contributed by atoms with Gasteiger partial charge in [-0.3, -0.25) is 4.79 Å². The molecule has 0 bridgehead atoms. The second-order valence-electron chi connectivity index (χ2n) is 2.94. The lowest BCUT2D eigenvalue weighted by Gasteiger charge is -2.06. The molecule has 0 aromatic heterocycles. The fourth-order valence-corrected chi connectivity index (χ4v) is 1.51. The van der Waals surface area contributed by atoms with E-state index in [2.05, 4.69) is 5.32 Å². The summed E-state index contributed by atoms with van der Waals surface area (Å²) in [5.41, 5.74) is 0.809. The van der Waals surface area contributed by atoms with Crippen LogP contribution in [-0.4, -0.2) is 10.8 Å². The Morgan fingerprint density at radius 3 is 2.86 bits per heavy atom. The monoisotopic (exact) mass is 227 g/mol. The smallest absolute Gasteiger partial charge is 0.136 e. The Hall–Kier alpha value is -0.930. The van der Waals surface area contributed by atoms with Crippen LogP contribution < -0.4 is 5.32 Å². The van der Waals surface area contributed by atoms with Crippen LogP contribution in [0.1, 0.15) is 13.3 Å². The van der Waals surface area contributed by atoms with Gasteiger partial charge in [-0.1, -0.05) is 29.9 Å². The average Bonchev–Trinajstić information content (AvgIpc) is 2.01. The predicted octanol–water partition coefficient (Wildman–Crippen LogP) is 3.06. The van der Waals surface area contributed by atoms with E-state index in [4.69, 9.17) is 23.8 Å². The molecule has 4 heteroatoms. The number of carbonyl (C=O) groups excluding carboxylic acids is 1. The highest BCUT2D eigenvalue weighted by Crippen LogP contribution is 2.15. The van der Waals surface area contributed by atoms with Gasteiger partial charge in [0.2, 0.25) is 0 Å². The van der Waals surface area contributed by atoms with E-state index >= 15 is 0 Å². The number of ketones is 1. The normalized spacial score (nSPS) is 9.57. The molecule has 1 aromatic rings. The van der Waals surface area contributed by atoms with E-state index in [9.17, 15) is 4.79 Å². The van der Waals surface area contributed by atoms with Crippen LogP contribution in [0.4, 0.5) is 5.69 Å². The third kappa shape index (κ3) is 3.85. The Morgan fingerprint density at radius 2 is 2.29 bits per heavy atom. The van der Waals surface area contributed by atoms with Crippen molar-refractivity contribution in [3.8, 4) is 0 Å². The maximum absolute atomic E-state index is 10.8. The van der Waals surface area contributed by atoms with Gasteiger partial charge in [0, 0.05) is 10.7 Å². The zero-order chi connectivity index (χ0) is 10.6. The molecule has 0 atom stereocenters. The molecule has 0 aliphatic rings. The highest BCUT2D eigenvalue weighted by molar-refractivity contribution is 7.80. The van der Waals surface area contributed by atoms with Crippen molar-refractivity contribution in [2.75, 3.05) is 5.32 Å². The molecular formula is C10H10ClNOS. The molecule has 0 fully saturated rings. The minimum Gasteiger partial charge on any atom is -0.350 e. The van der Waals surface area contributed by atoms with Crippen molar-refractivity contribution in [1.29, 1.82) is 0 Å². The number of nitrogens with one attached hydrogen (secondary N) is 1. The summed E-state index contributed by atoms with van der Waals surface area (Å²) in [5.74, 6) is 0.0459. The third-order valence-corrected chi connectivity index (χ3v) is 2.00. The van der Waals surface area contributed by atoms with Crippen LogP contribution >= 0.6 is 23.8 Å². The highest BCUT2D eigenvalue weighted by atomic mass is 35.5. The van der Waals surface area contributed by atoms with Crippen molar-refractivity contribution < 1.29 is 4.79 Å². The minimum atomic E-state index is 0.0459. The van der Waals surface area contributed by atoms with Gasteiger partial charge in [-0.25, -0.2) is 0 Å². The second kappa shape index (κ2) is 5.08. The molecule has 0 unspecified atom stereocenters. The number of anilines is 1. The van der Waals surface area contributed by atoms with Crippen LogP contribution in [0.5, 0.6) is 0 Å². The Kier molecular flexibility index (Phi) is 4.04. The summed E-state index contributed by atoms with van der Waals surface area (Å²) >= 11 is 10.8. The van der Waals surface area contributed by atoms with Gasteiger partial charge in [0.15, 0.2) is 0 Å². The summed E-state index contributed by atoms with van der Waals surface area (Å²) in [6.45, 7) is 1.51. The maximum atomic E-state index is 10.8. The third-order valence-electron chi connectivity index (χ3n) is 1.52. The molecule has 0 radical (unpaired) electrons. The second-order valence-corrected chi connectivity index (χ2v) is 3.87. The predicted molar refractivity (Wildman–Crippen MR) is 63.0 cm³/mol. The molecule has 0 aliphatic heterocycles.